The molecule has 0 aliphatic rings. The van der Waals surface area contributed by atoms with E-state index in [1.165, 1.54) is 49.5 Å². The predicted molar refractivity (Wildman–Crippen MR) is 116 cm³/mol. The normalized spacial score (nSPS) is 11.4. The second-order valence-corrected chi connectivity index (χ2v) is 8.34. The number of carbonyl (C=O) groups is 1. The van der Waals surface area contributed by atoms with Gasteiger partial charge in [0, 0.05) is 52.0 Å². The van der Waals surface area contributed by atoms with E-state index in [4.69, 9.17) is 5.11 Å². The number of hydrogen-bond donors (Lipinski definition) is 1. The van der Waals surface area contributed by atoms with Crippen LogP contribution in [0.5, 0.6) is 0 Å². The Labute approximate surface area is 183 Å². The van der Waals surface area contributed by atoms with E-state index in [9.17, 15) is 4.79 Å². The molecule has 6 heteroatoms. The summed E-state index contributed by atoms with van der Waals surface area (Å²) in [5.41, 5.74) is 1.05. The van der Waals surface area contributed by atoms with Gasteiger partial charge in [0.15, 0.2) is 5.78 Å². The van der Waals surface area contributed by atoms with Crippen molar-refractivity contribution < 1.29 is 30.0 Å². The summed E-state index contributed by atoms with van der Waals surface area (Å²) in [4.78, 5) is 14.6. The minimum Gasteiger partial charge on any atom is -0.512 e. The monoisotopic (exact) mass is 583 g/mol. The van der Waals surface area contributed by atoms with Crippen LogP contribution in [0.25, 0.3) is 40.5 Å². The summed E-state index contributed by atoms with van der Waals surface area (Å²) in [7, 11) is 0. The predicted octanol–water partition coefficient (Wildman–Crippen LogP) is 6.65. The average molecular weight is 583 g/mol. The van der Waals surface area contributed by atoms with Gasteiger partial charge in [-0.15, -0.1) is 34.9 Å². The molecule has 5 rings (SSSR count). The molecule has 2 aromatic carbocycles. The molecule has 0 atom stereocenters. The van der Waals surface area contributed by atoms with E-state index < -0.39 is 0 Å². The second-order valence-electron chi connectivity index (χ2n) is 6.17. The van der Waals surface area contributed by atoms with Gasteiger partial charge in [-0.05, 0) is 42.1 Å². The Morgan fingerprint density at radius 2 is 1.64 bits per heavy atom. The van der Waals surface area contributed by atoms with Crippen LogP contribution in [-0.2, 0) is 24.9 Å². The third kappa shape index (κ3) is 3.87. The van der Waals surface area contributed by atoms with E-state index in [0.29, 0.717) is 0 Å². The number of allylic oxidation sites excluding steroid dienone is 2. The molecule has 5 aromatic rings. The van der Waals surface area contributed by atoms with Crippen LogP contribution in [0.2, 0.25) is 0 Å². The van der Waals surface area contributed by atoms with E-state index >= 15 is 0 Å². The van der Waals surface area contributed by atoms with Crippen LogP contribution in [0.4, 0.5) is 0 Å². The Hall–Kier alpha value is -2.11. The number of thiophene rings is 1. The first kappa shape index (κ1) is 20.6. The van der Waals surface area contributed by atoms with Crippen molar-refractivity contribution in [3.8, 4) is 0 Å². The standard InChI is InChI=1S/C17H8NS2.C5H8O2.Ir/c1-4-10-15-11(5-1)19-12-6-2-7-13(16(12)15)20-14-8-3-9-18-17(10)14;1-4(6)3-5(2)7;/h1-3,5-9H;3,6H,1-2H3;/q-1;;/b;4-3-;. The molecule has 28 heavy (non-hydrogen) atoms. The molecule has 1 radical (unpaired) electrons. The fraction of sp³-hybridized carbons (Fsp3) is 0.0909. The molecule has 0 amide bonds. The minimum absolute atomic E-state index is 0. The van der Waals surface area contributed by atoms with Crippen molar-refractivity contribution in [1.82, 2.24) is 4.98 Å². The number of pyridine rings is 1. The van der Waals surface area contributed by atoms with Gasteiger partial charge in [-0.1, -0.05) is 17.5 Å². The van der Waals surface area contributed by atoms with Crippen LogP contribution in [0.15, 0.2) is 60.5 Å². The van der Waals surface area contributed by atoms with Gasteiger partial charge in [-0.3, -0.25) is 4.79 Å². The average Bonchev–Trinajstić information content (AvgIpc) is 2.93. The molecule has 143 valence electrons. The molecule has 0 aliphatic carbocycles. The van der Waals surface area contributed by atoms with E-state index in [1.54, 1.807) is 0 Å². The Balaban J connectivity index is 0.000000246. The maximum atomic E-state index is 10.0. The topological polar surface area (TPSA) is 50.2 Å². The van der Waals surface area contributed by atoms with Gasteiger partial charge < -0.3 is 10.1 Å². The van der Waals surface area contributed by atoms with Crippen LogP contribution in [0.1, 0.15) is 13.8 Å². The zero-order valence-electron chi connectivity index (χ0n) is 15.1. The Morgan fingerprint density at radius 3 is 2.29 bits per heavy atom. The molecule has 3 heterocycles. The molecular formula is C22H16IrNO2S2-. The van der Waals surface area contributed by atoms with Crippen molar-refractivity contribution in [3.63, 3.8) is 0 Å². The largest absolute Gasteiger partial charge is 0.512 e. The van der Waals surface area contributed by atoms with E-state index in [0.717, 1.165) is 10.9 Å². The number of aliphatic hydroxyl groups is 1. The van der Waals surface area contributed by atoms with Gasteiger partial charge in [0.1, 0.15) is 0 Å². The summed E-state index contributed by atoms with van der Waals surface area (Å²) < 4.78 is 5.20. The number of benzene rings is 2. The molecule has 0 fully saturated rings. The second kappa shape index (κ2) is 8.50. The number of hydrogen-bond acceptors (Lipinski definition) is 5. The third-order valence-electron chi connectivity index (χ3n) is 4.06. The number of nitrogens with zero attached hydrogens (tertiary/aromatic N) is 1. The zero-order chi connectivity index (χ0) is 19.0. The Kier molecular flexibility index (Phi) is 6.26. The van der Waals surface area contributed by atoms with Gasteiger partial charge in [0.05, 0.1) is 5.76 Å². The summed E-state index contributed by atoms with van der Waals surface area (Å²) >= 11 is 3.66. The van der Waals surface area contributed by atoms with Crippen LogP contribution >= 0.6 is 22.7 Å². The quantitative estimate of drug-likeness (QED) is 0.137. The first-order valence-electron chi connectivity index (χ1n) is 8.41. The Morgan fingerprint density at radius 1 is 1.00 bits per heavy atom. The number of fused-ring (bicyclic) bond motifs is 2. The first-order valence-corrected chi connectivity index (χ1v) is 10.0. The first-order chi connectivity index (χ1) is 13.0. The molecule has 0 saturated carbocycles. The molecule has 0 bridgehead atoms. The van der Waals surface area contributed by atoms with Gasteiger partial charge in [0.2, 0.25) is 0 Å². The fourth-order valence-electron chi connectivity index (χ4n) is 3.12. The molecule has 0 spiro atoms. The third-order valence-corrected chi connectivity index (χ3v) is 6.29. The molecular weight excluding hydrogens is 567 g/mol. The smallest absolute Gasteiger partial charge is 0.155 e. The number of carbonyl (C=O) groups excluding carboxylic acids is 1. The maximum Gasteiger partial charge on any atom is 0.155 e. The van der Waals surface area contributed by atoms with Crippen molar-refractivity contribution in [2.75, 3.05) is 0 Å². The SMILES string of the molecule is CC(=O)/C=C(/C)O.[Ir].[c-]1ccc2sc3cccc4sc5cccnc5c1c2c43. The summed E-state index contributed by atoms with van der Waals surface area (Å²) in [5, 5.41) is 12.2. The summed E-state index contributed by atoms with van der Waals surface area (Å²) in [6.07, 6.45) is 3.03. The van der Waals surface area contributed by atoms with E-state index in [1.807, 2.05) is 41.0 Å². The van der Waals surface area contributed by atoms with Crippen LogP contribution < -0.4 is 0 Å². The van der Waals surface area contributed by atoms with E-state index in [2.05, 4.69) is 41.4 Å². The van der Waals surface area contributed by atoms with Gasteiger partial charge in [0.25, 0.3) is 0 Å². The number of rotatable bonds is 1. The van der Waals surface area contributed by atoms with Gasteiger partial charge >= 0.3 is 0 Å². The summed E-state index contributed by atoms with van der Waals surface area (Å²) in [5.74, 6) is -0.0625. The molecule has 0 aliphatic heterocycles. The van der Waals surface area contributed by atoms with Crippen molar-refractivity contribution in [1.29, 1.82) is 0 Å². The van der Waals surface area contributed by atoms with Crippen molar-refractivity contribution in [2.45, 2.75) is 13.8 Å². The van der Waals surface area contributed by atoms with E-state index in [-0.39, 0.29) is 31.6 Å². The molecule has 0 saturated heterocycles. The number of aromatic nitrogens is 1. The minimum atomic E-state index is -0.125. The molecule has 1 N–H and O–H groups in total. The number of ketones is 1. The van der Waals surface area contributed by atoms with Crippen LogP contribution in [-0.4, -0.2) is 15.9 Å². The summed E-state index contributed by atoms with van der Waals surface area (Å²) in [6.45, 7) is 2.85. The summed E-state index contributed by atoms with van der Waals surface area (Å²) in [6, 6.07) is 18.3. The zero-order valence-corrected chi connectivity index (χ0v) is 19.2. The van der Waals surface area contributed by atoms with Crippen molar-refractivity contribution >= 4 is 68.9 Å². The van der Waals surface area contributed by atoms with Crippen LogP contribution in [0, 0.1) is 6.07 Å². The van der Waals surface area contributed by atoms with Crippen molar-refractivity contribution in [3.05, 3.63) is 66.6 Å². The molecule has 3 aromatic heterocycles. The Bertz CT molecular complexity index is 1330. The molecule has 0 unspecified atom stereocenters. The van der Waals surface area contributed by atoms with Gasteiger partial charge in [-0.25, -0.2) is 0 Å². The maximum absolute atomic E-state index is 10.0. The van der Waals surface area contributed by atoms with Gasteiger partial charge in [-0.2, -0.15) is 11.3 Å². The van der Waals surface area contributed by atoms with Crippen molar-refractivity contribution in [2.24, 2.45) is 0 Å². The van der Waals surface area contributed by atoms with Crippen LogP contribution in [0.3, 0.4) is 0 Å². The molecule has 3 nitrogen and oxygen atoms in total. The number of aliphatic hydroxyl groups excluding tert-OH is 1. The fourth-order valence-corrected chi connectivity index (χ4v) is 5.42.